The molecule has 3 aliphatic rings. The lowest BCUT2D eigenvalue weighted by atomic mass is 9.72. The number of methoxy groups -OCH3 is 1. The first kappa shape index (κ1) is 32.7. The highest BCUT2D eigenvalue weighted by Crippen LogP contribution is 2.50. The first-order valence-electron chi connectivity index (χ1n) is 16.1. The monoisotopic (exact) mass is 686 g/mol. The first-order chi connectivity index (χ1) is 23.3. The van der Waals surface area contributed by atoms with Crippen molar-refractivity contribution in [2.75, 3.05) is 38.6 Å². The number of hydrogen-bond donors (Lipinski definition) is 1. The van der Waals surface area contributed by atoms with Crippen LogP contribution in [0.1, 0.15) is 46.4 Å². The minimum Gasteiger partial charge on any atom is -0.481 e. The Morgan fingerprint density at radius 2 is 1.82 bits per heavy atom. The number of aryl methyl sites for hydroxylation is 2. The van der Waals surface area contributed by atoms with E-state index < -0.39 is 23.0 Å². The normalized spacial score (nSPS) is 17.8. The van der Waals surface area contributed by atoms with E-state index in [-0.39, 0.29) is 33.5 Å². The van der Waals surface area contributed by atoms with Crippen molar-refractivity contribution in [3.63, 3.8) is 0 Å². The van der Waals surface area contributed by atoms with E-state index in [1.54, 1.807) is 45.2 Å². The highest BCUT2D eigenvalue weighted by molar-refractivity contribution is 6.36. The van der Waals surface area contributed by atoms with Gasteiger partial charge in [-0.3, -0.25) is 23.9 Å². The molecule has 2 aromatic carbocycles. The second-order valence-electron chi connectivity index (χ2n) is 13.4. The van der Waals surface area contributed by atoms with Gasteiger partial charge in [-0.25, -0.2) is 14.2 Å². The molecule has 4 aromatic rings. The van der Waals surface area contributed by atoms with Crippen LogP contribution in [0.2, 0.25) is 5.02 Å². The number of benzene rings is 2. The van der Waals surface area contributed by atoms with Crippen LogP contribution < -0.4 is 21.3 Å². The molecule has 7 rings (SSSR count). The van der Waals surface area contributed by atoms with Crippen molar-refractivity contribution in [1.82, 2.24) is 23.9 Å². The lowest BCUT2D eigenvalue weighted by Crippen LogP contribution is -2.72. The van der Waals surface area contributed by atoms with Crippen LogP contribution in [0.4, 0.5) is 10.1 Å². The summed E-state index contributed by atoms with van der Waals surface area (Å²) in [5, 5.41) is 2.90. The molecule has 1 aliphatic carbocycles. The van der Waals surface area contributed by atoms with Crippen LogP contribution in [-0.4, -0.2) is 69.0 Å². The molecule has 2 aliphatic heterocycles. The zero-order valence-electron chi connectivity index (χ0n) is 27.9. The molecule has 1 N–H and O–H groups in total. The van der Waals surface area contributed by atoms with E-state index in [0.29, 0.717) is 34.0 Å². The number of fused-ring (bicyclic) bond motifs is 1. The number of rotatable bonds is 6. The summed E-state index contributed by atoms with van der Waals surface area (Å²) in [4.78, 5) is 58.9. The standard InChI is InChI=1S/C36H36ClFN6O5/c1-19-22(7-6-8-26(19)39-32(46)24-14-41(3)35(48)42(4)34(24)47)30-25(38)11-10-23(31(30)37)27-13-21-9-12-28(29(21)33(40-27)49-5)44-17-36(18-44)15-43(16-36)20(2)45/h6-8,10-11,13-14,28H,9,12,15-18H2,1-5H3,(H,39,46)/t28-/m0/s1. The minimum atomic E-state index is -0.729. The van der Waals surface area contributed by atoms with Gasteiger partial charge in [-0.1, -0.05) is 23.7 Å². The second kappa shape index (κ2) is 12.0. The molecule has 0 unspecified atom stereocenters. The van der Waals surface area contributed by atoms with Crippen molar-refractivity contribution >= 4 is 29.1 Å². The van der Waals surface area contributed by atoms with Crippen molar-refractivity contribution in [2.45, 2.75) is 32.7 Å². The molecule has 2 amide bonds. The number of likely N-dealkylation sites (tertiary alicyclic amines) is 2. The summed E-state index contributed by atoms with van der Waals surface area (Å²) >= 11 is 7.00. The van der Waals surface area contributed by atoms with Crippen LogP contribution in [0, 0.1) is 18.2 Å². The number of amides is 2. The van der Waals surface area contributed by atoms with Crippen molar-refractivity contribution < 1.29 is 18.7 Å². The molecule has 1 atom stereocenters. The Morgan fingerprint density at radius 3 is 2.51 bits per heavy atom. The van der Waals surface area contributed by atoms with Crippen molar-refractivity contribution in [3.05, 3.63) is 96.5 Å². The fourth-order valence-electron chi connectivity index (χ4n) is 7.66. The largest absolute Gasteiger partial charge is 0.481 e. The molecule has 0 radical (unpaired) electrons. The number of hydrogen-bond acceptors (Lipinski definition) is 7. The molecule has 4 heterocycles. The number of ether oxygens (including phenoxy) is 1. The maximum absolute atomic E-state index is 15.6. The zero-order valence-corrected chi connectivity index (χ0v) is 28.7. The van der Waals surface area contributed by atoms with Crippen LogP contribution in [0.15, 0.2) is 52.2 Å². The molecule has 254 valence electrons. The van der Waals surface area contributed by atoms with Crippen LogP contribution in [-0.2, 0) is 25.3 Å². The third kappa shape index (κ3) is 5.34. The fourth-order valence-corrected chi connectivity index (χ4v) is 8.01. The fraction of sp³-hybridized carbons (Fsp3) is 0.361. The number of nitrogens with zero attached hydrogens (tertiary/aromatic N) is 5. The average Bonchev–Trinajstić information content (AvgIpc) is 3.45. The van der Waals surface area contributed by atoms with Gasteiger partial charge in [-0.05, 0) is 60.7 Å². The average molecular weight is 687 g/mol. The first-order valence-corrected chi connectivity index (χ1v) is 16.4. The van der Waals surface area contributed by atoms with Crippen molar-refractivity contribution in [1.29, 1.82) is 0 Å². The van der Waals surface area contributed by atoms with E-state index in [1.165, 1.54) is 26.4 Å². The molecule has 2 aromatic heterocycles. The van der Waals surface area contributed by atoms with E-state index >= 15 is 4.39 Å². The number of carbonyl (C=O) groups is 2. The van der Waals surface area contributed by atoms with E-state index in [4.69, 9.17) is 21.3 Å². The van der Waals surface area contributed by atoms with Gasteiger partial charge in [0.15, 0.2) is 0 Å². The number of pyridine rings is 1. The number of halogens is 2. The van der Waals surface area contributed by atoms with E-state index in [9.17, 15) is 19.2 Å². The van der Waals surface area contributed by atoms with Gasteiger partial charge in [0.2, 0.25) is 11.8 Å². The number of anilines is 1. The molecule has 0 bridgehead atoms. The SMILES string of the molecule is COc1nc(-c2ccc(F)c(-c3cccc(NC(=O)c4cn(C)c(=O)n(C)c4=O)c3C)c2Cl)cc2c1[C@@H](N1CC3(CN(C(C)=O)C3)C1)CC2. The van der Waals surface area contributed by atoms with Gasteiger partial charge in [0, 0.05) is 87.2 Å². The predicted octanol–water partition coefficient (Wildman–Crippen LogP) is 4.33. The lowest BCUT2D eigenvalue weighted by molar-refractivity contribution is -0.161. The Balaban J connectivity index is 1.19. The van der Waals surface area contributed by atoms with E-state index in [0.717, 1.165) is 59.3 Å². The Labute approximate surface area is 286 Å². The topological polar surface area (TPSA) is 119 Å². The van der Waals surface area contributed by atoms with E-state index in [1.807, 2.05) is 11.0 Å². The highest BCUT2D eigenvalue weighted by atomic mass is 35.5. The Bertz CT molecular complexity index is 2180. The number of aromatic nitrogens is 3. The predicted molar refractivity (Wildman–Crippen MR) is 184 cm³/mol. The summed E-state index contributed by atoms with van der Waals surface area (Å²) in [6.07, 6.45) is 2.95. The summed E-state index contributed by atoms with van der Waals surface area (Å²) in [6.45, 7) is 6.82. The molecule has 11 nitrogen and oxygen atoms in total. The summed E-state index contributed by atoms with van der Waals surface area (Å²) in [6, 6.07) is 10.2. The van der Waals surface area contributed by atoms with Gasteiger partial charge >= 0.3 is 5.69 Å². The summed E-state index contributed by atoms with van der Waals surface area (Å²) in [5.41, 5.74) is 3.45. The number of nitrogens with one attached hydrogen (secondary N) is 1. The molecule has 1 spiro atoms. The maximum atomic E-state index is 15.6. The third-order valence-corrected chi connectivity index (χ3v) is 10.6. The van der Waals surface area contributed by atoms with Crippen LogP contribution >= 0.6 is 11.6 Å². The second-order valence-corrected chi connectivity index (χ2v) is 13.8. The number of carbonyl (C=O) groups excluding carboxylic acids is 2. The van der Waals surface area contributed by atoms with Gasteiger partial charge in [-0.2, -0.15) is 0 Å². The highest BCUT2D eigenvalue weighted by Gasteiger charge is 2.55. The third-order valence-electron chi connectivity index (χ3n) is 10.2. The summed E-state index contributed by atoms with van der Waals surface area (Å²) in [5.74, 6) is -0.616. The molecular weight excluding hydrogens is 651 g/mol. The van der Waals surface area contributed by atoms with Gasteiger partial charge in [0.05, 0.1) is 17.8 Å². The molecular formula is C36H36ClFN6O5. The summed E-state index contributed by atoms with van der Waals surface area (Å²) < 4.78 is 23.5. The van der Waals surface area contributed by atoms with Crippen molar-refractivity contribution in [2.24, 2.45) is 19.5 Å². The van der Waals surface area contributed by atoms with Crippen LogP contribution in [0.3, 0.4) is 0 Å². The van der Waals surface area contributed by atoms with Crippen LogP contribution in [0.25, 0.3) is 22.4 Å². The Hall–Kier alpha value is -4.81. The Kier molecular flexibility index (Phi) is 7.98. The minimum absolute atomic E-state index is 0.122. The molecule has 13 heteroatoms. The van der Waals surface area contributed by atoms with Crippen LogP contribution in [0.5, 0.6) is 5.88 Å². The molecule has 2 saturated heterocycles. The molecule has 2 fully saturated rings. The van der Waals surface area contributed by atoms with E-state index in [2.05, 4.69) is 10.2 Å². The molecule has 49 heavy (non-hydrogen) atoms. The van der Waals surface area contributed by atoms with Gasteiger partial charge in [0.25, 0.3) is 11.5 Å². The van der Waals surface area contributed by atoms with Gasteiger partial charge in [0.1, 0.15) is 11.4 Å². The van der Waals surface area contributed by atoms with Gasteiger partial charge < -0.3 is 19.5 Å². The summed E-state index contributed by atoms with van der Waals surface area (Å²) in [7, 11) is 4.35. The lowest BCUT2D eigenvalue weighted by Gasteiger charge is -2.61. The molecule has 0 saturated carbocycles. The maximum Gasteiger partial charge on any atom is 0.330 e. The quantitative estimate of drug-likeness (QED) is 0.321. The zero-order chi connectivity index (χ0) is 34.9. The Morgan fingerprint density at radius 1 is 1.08 bits per heavy atom. The van der Waals surface area contributed by atoms with Crippen molar-refractivity contribution in [3.8, 4) is 28.3 Å². The van der Waals surface area contributed by atoms with Gasteiger partial charge in [-0.15, -0.1) is 0 Å². The smallest absolute Gasteiger partial charge is 0.330 e.